The van der Waals surface area contributed by atoms with Gasteiger partial charge in [-0.2, -0.15) is 0 Å². The zero-order valence-electron chi connectivity index (χ0n) is 11.9. The summed E-state index contributed by atoms with van der Waals surface area (Å²) in [5.74, 6) is 0.760. The molecule has 0 aromatic rings. The van der Waals surface area contributed by atoms with E-state index in [1.165, 1.54) is 19.4 Å². The number of rotatable bonds is 6. The molecule has 0 unspecified atom stereocenters. The maximum Gasteiger partial charge on any atom is 0.0446 e. The lowest BCUT2D eigenvalue weighted by atomic mass is 9.98. The third-order valence-corrected chi connectivity index (χ3v) is 3.34. The predicted octanol–water partition coefficient (Wildman–Crippen LogP) is 2.31. The molecule has 0 aromatic carbocycles. The van der Waals surface area contributed by atoms with Crippen molar-refractivity contribution < 1.29 is 5.11 Å². The molecular weight excluding hydrogens is 271 g/mol. The minimum absolute atomic E-state index is 0. The fourth-order valence-electron chi connectivity index (χ4n) is 2.65. The first-order valence-corrected chi connectivity index (χ1v) is 6.75. The van der Waals surface area contributed by atoms with Crippen LogP contribution in [0, 0.1) is 5.92 Å². The van der Waals surface area contributed by atoms with Gasteiger partial charge in [-0.3, -0.25) is 4.90 Å². The Bertz CT molecular complexity index is 194. The van der Waals surface area contributed by atoms with E-state index in [0.29, 0.717) is 18.7 Å². The molecule has 0 bridgehead atoms. The number of nitrogens with zero attached hydrogens (tertiary/aromatic N) is 1. The fourth-order valence-corrected chi connectivity index (χ4v) is 2.65. The van der Waals surface area contributed by atoms with Gasteiger partial charge in [-0.1, -0.05) is 20.8 Å². The highest BCUT2D eigenvalue weighted by Gasteiger charge is 2.26. The quantitative estimate of drug-likeness (QED) is 0.790. The van der Waals surface area contributed by atoms with Crippen molar-refractivity contribution in [2.45, 2.75) is 52.1 Å². The smallest absolute Gasteiger partial charge is 0.0446 e. The Morgan fingerprint density at radius 1 is 1.33 bits per heavy atom. The molecule has 0 radical (unpaired) electrons. The first-order chi connectivity index (χ1) is 7.67. The van der Waals surface area contributed by atoms with Crippen molar-refractivity contribution in [3.63, 3.8) is 0 Å². The van der Waals surface area contributed by atoms with Crippen LogP contribution in [-0.4, -0.2) is 48.3 Å². The molecule has 0 amide bonds. The first-order valence-electron chi connectivity index (χ1n) is 6.75. The first kappa shape index (κ1) is 20.8. The number of piperazine rings is 1. The van der Waals surface area contributed by atoms with Crippen molar-refractivity contribution in [2.24, 2.45) is 5.92 Å². The molecule has 1 rings (SSSR count). The van der Waals surface area contributed by atoms with Crippen LogP contribution in [0.3, 0.4) is 0 Å². The molecular formula is C13H30Cl2N2O. The highest BCUT2D eigenvalue weighted by Crippen LogP contribution is 2.15. The maximum atomic E-state index is 9.06. The van der Waals surface area contributed by atoms with Gasteiger partial charge in [0.05, 0.1) is 0 Å². The molecule has 0 saturated carbocycles. The zero-order chi connectivity index (χ0) is 12.0. The highest BCUT2D eigenvalue weighted by atomic mass is 35.5. The number of hydrogen-bond acceptors (Lipinski definition) is 3. The average molecular weight is 301 g/mol. The summed E-state index contributed by atoms with van der Waals surface area (Å²) in [4.78, 5) is 2.56. The number of hydrogen-bond donors (Lipinski definition) is 2. The lowest BCUT2D eigenvalue weighted by Gasteiger charge is -2.40. The summed E-state index contributed by atoms with van der Waals surface area (Å²) in [6.07, 6.45) is 3.36. The predicted molar refractivity (Wildman–Crippen MR) is 83.1 cm³/mol. The molecule has 112 valence electrons. The van der Waals surface area contributed by atoms with Gasteiger partial charge < -0.3 is 10.4 Å². The molecule has 3 nitrogen and oxygen atoms in total. The SMILES string of the molecule is CCCN1C[C@H](CC(C)C)NC[C@H]1CCO.Cl.Cl. The Hall–Kier alpha value is 0.460. The van der Waals surface area contributed by atoms with Crippen molar-refractivity contribution in [3.8, 4) is 0 Å². The van der Waals surface area contributed by atoms with Crippen molar-refractivity contribution in [3.05, 3.63) is 0 Å². The third kappa shape index (κ3) is 7.15. The molecule has 1 fully saturated rings. The molecule has 0 spiro atoms. The normalized spacial score (nSPS) is 24.5. The van der Waals surface area contributed by atoms with E-state index in [-0.39, 0.29) is 24.8 Å². The molecule has 1 aliphatic rings. The van der Waals surface area contributed by atoms with Crippen LogP contribution in [0.5, 0.6) is 0 Å². The molecule has 2 atom stereocenters. The fraction of sp³-hybridized carbons (Fsp3) is 1.00. The molecule has 0 aliphatic carbocycles. The summed E-state index contributed by atoms with van der Waals surface area (Å²) in [7, 11) is 0. The van der Waals surface area contributed by atoms with E-state index in [9.17, 15) is 0 Å². The van der Waals surface area contributed by atoms with E-state index in [1.54, 1.807) is 0 Å². The lowest BCUT2D eigenvalue weighted by Crippen LogP contribution is -2.57. The summed E-state index contributed by atoms with van der Waals surface area (Å²) >= 11 is 0. The molecule has 5 heteroatoms. The number of aliphatic hydroxyl groups excluding tert-OH is 1. The van der Waals surface area contributed by atoms with Gasteiger partial charge in [-0.05, 0) is 31.7 Å². The van der Waals surface area contributed by atoms with Gasteiger partial charge in [0.1, 0.15) is 0 Å². The summed E-state index contributed by atoms with van der Waals surface area (Å²) in [5, 5.41) is 12.7. The number of halogens is 2. The standard InChI is InChI=1S/C13H28N2O.2ClH/c1-4-6-15-10-12(8-11(2)3)14-9-13(15)5-7-16;;/h11-14,16H,4-10H2,1-3H3;2*1H/t12-,13+;;/m0../s1. The van der Waals surface area contributed by atoms with Crippen LogP contribution in [0.4, 0.5) is 0 Å². The van der Waals surface area contributed by atoms with Crippen molar-refractivity contribution in [1.29, 1.82) is 0 Å². The van der Waals surface area contributed by atoms with Gasteiger partial charge in [0.2, 0.25) is 0 Å². The van der Waals surface area contributed by atoms with Crippen molar-refractivity contribution in [1.82, 2.24) is 10.2 Å². The van der Waals surface area contributed by atoms with Crippen LogP contribution in [0.15, 0.2) is 0 Å². The van der Waals surface area contributed by atoms with Gasteiger partial charge in [0, 0.05) is 31.8 Å². The molecule has 0 aromatic heterocycles. The van der Waals surface area contributed by atoms with Crippen molar-refractivity contribution >= 4 is 24.8 Å². The van der Waals surface area contributed by atoms with Gasteiger partial charge in [-0.15, -0.1) is 24.8 Å². The van der Waals surface area contributed by atoms with E-state index >= 15 is 0 Å². The molecule has 1 aliphatic heterocycles. The summed E-state index contributed by atoms with van der Waals surface area (Å²) in [6, 6.07) is 1.18. The Balaban J connectivity index is 0. The molecule has 2 N–H and O–H groups in total. The maximum absolute atomic E-state index is 9.06. The third-order valence-electron chi connectivity index (χ3n) is 3.34. The van der Waals surface area contributed by atoms with Gasteiger partial charge in [0.25, 0.3) is 0 Å². The van der Waals surface area contributed by atoms with E-state index in [2.05, 4.69) is 31.0 Å². The van der Waals surface area contributed by atoms with Crippen molar-refractivity contribution in [2.75, 3.05) is 26.2 Å². The summed E-state index contributed by atoms with van der Waals surface area (Å²) < 4.78 is 0. The number of nitrogens with one attached hydrogen (secondary N) is 1. The van der Waals surface area contributed by atoms with Crippen LogP contribution < -0.4 is 5.32 Å². The van der Waals surface area contributed by atoms with E-state index < -0.39 is 0 Å². The minimum Gasteiger partial charge on any atom is -0.396 e. The average Bonchev–Trinajstić information content (AvgIpc) is 2.21. The van der Waals surface area contributed by atoms with Crippen LogP contribution in [0.1, 0.15) is 40.0 Å². The second-order valence-corrected chi connectivity index (χ2v) is 5.40. The van der Waals surface area contributed by atoms with Crippen LogP contribution >= 0.6 is 24.8 Å². The van der Waals surface area contributed by atoms with Crippen LogP contribution in [0.25, 0.3) is 0 Å². The monoisotopic (exact) mass is 300 g/mol. The summed E-state index contributed by atoms with van der Waals surface area (Å²) in [6.45, 7) is 10.5. The molecule has 18 heavy (non-hydrogen) atoms. The minimum atomic E-state index is 0. The van der Waals surface area contributed by atoms with Crippen LogP contribution in [0.2, 0.25) is 0 Å². The summed E-state index contributed by atoms with van der Waals surface area (Å²) in [5.41, 5.74) is 0. The Labute approximate surface area is 125 Å². The highest BCUT2D eigenvalue weighted by molar-refractivity contribution is 5.85. The Morgan fingerprint density at radius 3 is 2.50 bits per heavy atom. The lowest BCUT2D eigenvalue weighted by molar-refractivity contribution is 0.100. The molecule has 1 saturated heterocycles. The topological polar surface area (TPSA) is 35.5 Å². The Morgan fingerprint density at radius 2 is 2.00 bits per heavy atom. The zero-order valence-corrected chi connectivity index (χ0v) is 13.5. The largest absolute Gasteiger partial charge is 0.396 e. The Kier molecular flexibility index (Phi) is 13.0. The van der Waals surface area contributed by atoms with E-state index in [4.69, 9.17) is 5.11 Å². The number of aliphatic hydroxyl groups is 1. The molecule has 1 heterocycles. The second kappa shape index (κ2) is 11.3. The van der Waals surface area contributed by atoms with E-state index in [0.717, 1.165) is 25.4 Å². The van der Waals surface area contributed by atoms with Crippen LogP contribution in [-0.2, 0) is 0 Å². The second-order valence-electron chi connectivity index (χ2n) is 5.40. The van der Waals surface area contributed by atoms with Gasteiger partial charge in [0.15, 0.2) is 0 Å². The van der Waals surface area contributed by atoms with E-state index in [1.807, 2.05) is 0 Å². The van der Waals surface area contributed by atoms with Gasteiger partial charge in [-0.25, -0.2) is 0 Å². The van der Waals surface area contributed by atoms with Gasteiger partial charge >= 0.3 is 0 Å².